The van der Waals surface area contributed by atoms with Gasteiger partial charge in [0.1, 0.15) is 17.7 Å². The minimum atomic E-state index is -0.871. The molecule has 190 valence electrons. The van der Waals surface area contributed by atoms with Crippen LogP contribution in [0.1, 0.15) is 97.7 Å². The Morgan fingerprint density at radius 2 is 1.53 bits per heavy atom. The molecule has 0 saturated heterocycles. The van der Waals surface area contributed by atoms with E-state index < -0.39 is 29.3 Å². The van der Waals surface area contributed by atoms with E-state index in [0.29, 0.717) is 0 Å². The lowest BCUT2D eigenvalue weighted by molar-refractivity contribution is -0.148. The van der Waals surface area contributed by atoms with Crippen molar-refractivity contribution in [3.05, 3.63) is 35.4 Å². The fraction of sp³-hybridized carbons (Fsp3) is 0.667. The molecule has 3 amide bonds. The zero-order valence-corrected chi connectivity index (χ0v) is 22.2. The molecule has 0 bridgehead atoms. The van der Waals surface area contributed by atoms with Crippen LogP contribution in [0.4, 0.5) is 4.79 Å². The number of rotatable bonds is 6. The first-order valence-corrected chi connectivity index (χ1v) is 12.4. The van der Waals surface area contributed by atoms with Gasteiger partial charge in [-0.1, -0.05) is 49.1 Å². The molecule has 1 saturated carbocycles. The third-order valence-electron chi connectivity index (χ3n) is 5.91. The van der Waals surface area contributed by atoms with E-state index in [0.717, 1.165) is 36.8 Å². The van der Waals surface area contributed by atoms with Crippen molar-refractivity contribution < 1.29 is 19.1 Å². The van der Waals surface area contributed by atoms with Gasteiger partial charge in [-0.25, -0.2) is 4.79 Å². The van der Waals surface area contributed by atoms with Crippen molar-refractivity contribution in [3.8, 4) is 0 Å². The predicted octanol–water partition coefficient (Wildman–Crippen LogP) is 5.03. The first kappa shape index (κ1) is 27.7. The highest BCUT2D eigenvalue weighted by molar-refractivity contribution is 5.92. The Kier molecular flexibility index (Phi) is 9.15. The number of carbonyl (C=O) groups is 3. The van der Waals surface area contributed by atoms with Gasteiger partial charge in [-0.05, 0) is 73.8 Å². The highest BCUT2D eigenvalue weighted by atomic mass is 16.6. The molecule has 0 spiro atoms. The average Bonchev–Trinajstić information content (AvgIpc) is 2.70. The maximum Gasteiger partial charge on any atom is 0.408 e. The van der Waals surface area contributed by atoms with Crippen LogP contribution in [-0.2, 0) is 14.3 Å². The topological polar surface area (TPSA) is 87.7 Å². The molecular weight excluding hydrogens is 430 g/mol. The Hall–Kier alpha value is -2.57. The van der Waals surface area contributed by atoms with Crippen LogP contribution in [-0.4, -0.2) is 46.0 Å². The quantitative estimate of drug-likeness (QED) is 0.607. The van der Waals surface area contributed by atoms with Crippen LogP contribution in [0.25, 0.3) is 0 Å². The molecule has 1 fully saturated rings. The summed E-state index contributed by atoms with van der Waals surface area (Å²) in [7, 11) is 0. The molecule has 2 rings (SSSR count). The number of alkyl carbamates (subject to hydrolysis) is 1. The Balaban J connectivity index is 2.38. The second-order valence-corrected chi connectivity index (χ2v) is 11.4. The van der Waals surface area contributed by atoms with E-state index in [-0.39, 0.29) is 17.9 Å². The van der Waals surface area contributed by atoms with Crippen LogP contribution in [0.15, 0.2) is 24.3 Å². The molecule has 7 heteroatoms. The molecule has 0 aromatic heterocycles. The zero-order valence-electron chi connectivity index (χ0n) is 22.2. The van der Waals surface area contributed by atoms with Gasteiger partial charge in [0.25, 0.3) is 0 Å². The van der Waals surface area contributed by atoms with Gasteiger partial charge < -0.3 is 20.3 Å². The monoisotopic (exact) mass is 473 g/mol. The summed E-state index contributed by atoms with van der Waals surface area (Å²) in [5.41, 5.74) is 0.455. The van der Waals surface area contributed by atoms with E-state index in [4.69, 9.17) is 4.74 Å². The maximum absolute atomic E-state index is 13.7. The predicted molar refractivity (Wildman–Crippen MR) is 134 cm³/mol. The van der Waals surface area contributed by atoms with Gasteiger partial charge in [-0.15, -0.1) is 0 Å². The van der Waals surface area contributed by atoms with Crippen molar-refractivity contribution in [2.24, 2.45) is 0 Å². The van der Waals surface area contributed by atoms with Crippen molar-refractivity contribution >= 4 is 17.9 Å². The Labute approximate surface area is 205 Å². The molecular formula is C27H43N3O4. The van der Waals surface area contributed by atoms with Gasteiger partial charge in [0.15, 0.2) is 0 Å². The number of amides is 3. The molecule has 2 atom stereocenters. The molecule has 2 unspecified atom stereocenters. The lowest BCUT2D eigenvalue weighted by Crippen LogP contribution is -2.58. The Bertz CT molecular complexity index is 846. The molecule has 7 nitrogen and oxygen atoms in total. The van der Waals surface area contributed by atoms with Gasteiger partial charge in [-0.3, -0.25) is 9.59 Å². The zero-order chi connectivity index (χ0) is 25.7. The third kappa shape index (κ3) is 8.03. The number of benzene rings is 1. The molecule has 1 aliphatic rings. The van der Waals surface area contributed by atoms with Crippen molar-refractivity contribution in [2.45, 2.75) is 117 Å². The lowest BCUT2D eigenvalue weighted by atomic mass is 9.92. The van der Waals surface area contributed by atoms with Gasteiger partial charge >= 0.3 is 6.09 Å². The average molecular weight is 474 g/mol. The first-order chi connectivity index (χ1) is 15.7. The standard InChI is InChI=1S/C27H43N3O4/c1-18-14-16-20(17-15-18)22(23(31)29-21-12-10-9-11-13-21)30(26(3,4)5)24(32)19(2)28-25(33)34-27(6,7)8/h14-17,19,21-22H,9-13H2,1-8H3,(H,28,33)(H,29,31). The van der Waals surface area contributed by atoms with Crippen molar-refractivity contribution in [1.29, 1.82) is 0 Å². The van der Waals surface area contributed by atoms with Gasteiger partial charge in [0, 0.05) is 11.6 Å². The molecule has 1 aliphatic carbocycles. The number of hydrogen-bond acceptors (Lipinski definition) is 4. The van der Waals surface area contributed by atoms with Crippen LogP contribution >= 0.6 is 0 Å². The Morgan fingerprint density at radius 3 is 2.03 bits per heavy atom. The summed E-state index contributed by atoms with van der Waals surface area (Å²) in [6.07, 6.45) is 4.62. The second kappa shape index (κ2) is 11.2. The second-order valence-electron chi connectivity index (χ2n) is 11.4. The summed E-state index contributed by atoms with van der Waals surface area (Å²) >= 11 is 0. The van der Waals surface area contributed by atoms with E-state index in [1.54, 1.807) is 32.6 Å². The molecule has 34 heavy (non-hydrogen) atoms. The SMILES string of the molecule is Cc1ccc(C(C(=O)NC2CCCCC2)N(C(=O)C(C)NC(=O)OC(C)(C)C)C(C)(C)C)cc1. The summed E-state index contributed by atoms with van der Waals surface area (Å²) < 4.78 is 5.33. The minimum Gasteiger partial charge on any atom is -0.444 e. The summed E-state index contributed by atoms with van der Waals surface area (Å²) in [6.45, 7) is 14.6. The molecule has 0 radical (unpaired) electrons. The number of nitrogens with zero attached hydrogens (tertiary/aromatic N) is 1. The van der Waals surface area contributed by atoms with Crippen molar-refractivity contribution in [2.75, 3.05) is 0 Å². The smallest absolute Gasteiger partial charge is 0.408 e. The van der Waals surface area contributed by atoms with E-state index in [2.05, 4.69) is 10.6 Å². The fourth-order valence-electron chi connectivity index (χ4n) is 4.29. The normalized spacial score (nSPS) is 16.8. The highest BCUT2D eigenvalue weighted by Gasteiger charge is 2.41. The third-order valence-corrected chi connectivity index (χ3v) is 5.91. The van der Waals surface area contributed by atoms with Crippen LogP contribution in [0.5, 0.6) is 0 Å². The number of hydrogen-bond donors (Lipinski definition) is 2. The molecule has 0 aliphatic heterocycles. The molecule has 0 heterocycles. The van der Waals surface area contributed by atoms with Crippen LogP contribution in [0.3, 0.4) is 0 Å². The molecule has 1 aromatic rings. The molecule has 2 N–H and O–H groups in total. The van der Waals surface area contributed by atoms with Crippen molar-refractivity contribution in [1.82, 2.24) is 15.5 Å². The Morgan fingerprint density at radius 1 is 0.971 bits per heavy atom. The number of carbonyl (C=O) groups excluding carboxylic acids is 3. The highest BCUT2D eigenvalue weighted by Crippen LogP contribution is 2.31. The summed E-state index contributed by atoms with van der Waals surface area (Å²) in [5.74, 6) is -0.536. The van der Waals surface area contributed by atoms with E-state index in [9.17, 15) is 14.4 Å². The largest absolute Gasteiger partial charge is 0.444 e. The summed E-state index contributed by atoms with van der Waals surface area (Å²) in [4.78, 5) is 41.4. The number of ether oxygens (including phenoxy) is 1. The summed E-state index contributed by atoms with van der Waals surface area (Å²) in [6, 6.07) is 6.12. The summed E-state index contributed by atoms with van der Waals surface area (Å²) in [5, 5.41) is 5.85. The molecule has 1 aromatic carbocycles. The first-order valence-electron chi connectivity index (χ1n) is 12.4. The number of aryl methyl sites for hydroxylation is 1. The fourth-order valence-corrected chi connectivity index (χ4v) is 4.29. The van der Waals surface area contributed by atoms with Gasteiger partial charge in [-0.2, -0.15) is 0 Å². The van der Waals surface area contributed by atoms with E-state index in [1.807, 2.05) is 52.0 Å². The van der Waals surface area contributed by atoms with Crippen molar-refractivity contribution in [3.63, 3.8) is 0 Å². The van der Waals surface area contributed by atoms with Gasteiger partial charge in [0.2, 0.25) is 11.8 Å². The van der Waals surface area contributed by atoms with Crippen LogP contribution in [0.2, 0.25) is 0 Å². The number of nitrogens with one attached hydrogen (secondary N) is 2. The lowest BCUT2D eigenvalue weighted by Gasteiger charge is -2.43. The van der Waals surface area contributed by atoms with E-state index >= 15 is 0 Å². The van der Waals surface area contributed by atoms with Gasteiger partial charge in [0.05, 0.1) is 0 Å². The van der Waals surface area contributed by atoms with Crippen LogP contribution in [0, 0.1) is 6.92 Å². The minimum absolute atomic E-state index is 0.114. The maximum atomic E-state index is 13.7. The van der Waals surface area contributed by atoms with Crippen LogP contribution < -0.4 is 10.6 Å². The van der Waals surface area contributed by atoms with E-state index in [1.165, 1.54) is 6.42 Å².